The fourth-order valence-electron chi connectivity index (χ4n) is 2.28. The van der Waals surface area contributed by atoms with Gasteiger partial charge in [-0.2, -0.15) is 0 Å². The average Bonchev–Trinajstić information content (AvgIpc) is 2.37. The molecule has 0 saturated carbocycles. The molecule has 2 aromatic carbocycles. The van der Waals surface area contributed by atoms with Crippen LogP contribution in [0.5, 0.6) is 0 Å². The van der Waals surface area contributed by atoms with Gasteiger partial charge in [-0.25, -0.2) is 0 Å². The quantitative estimate of drug-likeness (QED) is 0.842. The Kier molecular flexibility index (Phi) is 4.20. The Balaban J connectivity index is 2.47. The Labute approximate surface area is 113 Å². The number of hydrogen-bond acceptors (Lipinski definition) is 1. The molecule has 0 amide bonds. The molecule has 0 bridgehead atoms. The molecule has 3 nitrogen and oxygen atoms in total. The van der Waals surface area contributed by atoms with Gasteiger partial charge >= 0.3 is 7.60 Å². The zero-order valence-corrected chi connectivity index (χ0v) is 11.6. The van der Waals surface area contributed by atoms with E-state index in [0.29, 0.717) is 0 Å². The fraction of sp³-hybridized carbons (Fsp3) is 0.200. The first kappa shape index (κ1) is 14.0. The molecule has 1 atom stereocenters. The normalized spacial score (nSPS) is 13.2. The van der Waals surface area contributed by atoms with Gasteiger partial charge in [-0.3, -0.25) is 4.57 Å². The van der Waals surface area contributed by atoms with Crippen molar-refractivity contribution in [1.29, 1.82) is 0 Å². The van der Waals surface area contributed by atoms with Crippen LogP contribution in [0.2, 0.25) is 0 Å². The van der Waals surface area contributed by atoms with Crippen LogP contribution >= 0.6 is 7.60 Å². The Bertz CT molecular complexity index is 589. The van der Waals surface area contributed by atoms with Crippen LogP contribution in [-0.4, -0.2) is 15.9 Å². The molecule has 4 heteroatoms. The van der Waals surface area contributed by atoms with Crippen LogP contribution in [0, 0.1) is 6.92 Å². The standard InChI is InChI=1S/C15H17O3P/c1-12-7-5-6-10-14(12)15(11-19(16,17)18)13-8-3-2-4-9-13/h2-10,15H,11H2,1H3,(H2,16,17,18). The first-order valence-corrected chi connectivity index (χ1v) is 7.92. The molecule has 19 heavy (non-hydrogen) atoms. The molecule has 0 radical (unpaired) electrons. The summed E-state index contributed by atoms with van der Waals surface area (Å²) in [5.41, 5.74) is 2.95. The summed E-state index contributed by atoms with van der Waals surface area (Å²) in [4.78, 5) is 18.6. The zero-order chi connectivity index (χ0) is 13.9. The largest absolute Gasteiger partial charge is 0.326 e. The second kappa shape index (κ2) is 5.70. The third-order valence-corrected chi connectivity index (χ3v) is 4.03. The molecule has 0 aliphatic carbocycles. The molecule has 0 saturated heterocycles. The van der Waals surface area contributed by atoms with E-state index < -0.39 is 7.60 Å². The molecule has 2 aromatic rings. The second-order valence-electron chi connectivity index (χ2n) is 4.67. The molecule has 0 aromatic heterocycles. The summed E-state index contributed by atoms with van der Waals surface area (Å²) in [6.07, 6.45) is -0.165. The van der Waals surface area contributed by atoms with Crippen molar-refractivity contribution in [3.63, 3.8) is 0 Å². The first-order valence-electron chi connectivity index (χ1n) is 6.12. The highest BCUT2D eigenvalue weighted by atomic mass is 31.2. The summed E-state index contributed by atoms with van der Waals surface area (Å²) < 4.78 is 11.4. The summed E-state index contributed by atoms with van der Waals surface area (Å²) in [6.45, 7) is 1.96. The minimum atomic E-state index is -4.07. The summed E-state index contributed by atoms with van der Waals surface area (Å²) in [5, 5.41) is 0. The van der Waals surface area contributed by atoms with Crippen molar-refractivity contribution in [2.75, 3.05) is 6.16 Å². The van der Waals surface area contributed by atoms with Gasteiger partial charge in [-0.15, -0.1) is 0 Å². The minimum absolute atomic E-state index is 0.165. The number of aryl methyl sites for hydroxylation is 1. The van der Waals surface area contributed by atoms with Crippen LogP contribution < -0.4 is 0 Å². The highest BCUT2D eigenvalue weighted by Crippen LogP contribution is 2.43. The molecule has 100 valence electrons. The summed E-state index contributed by atoms with van der Waals surface area (Å²) in [7, 11) is -4.07. The first-order chi connectivity index (χ1) is 8.97. The topological polar surface area (TPSA) is 57.5 Å². The number of hydrogen-bond donors (Lipinski definition) is 2. The lowest BCUT2D eigenvalue weighted by Crippen LogP contribution is -2.08. The van der Waals surface area contributed by atoms with E-state index in [4.69, 9.17) is 0 Å². The Morgan fingerprint density at radius 3 is 2.16 bits per heavy atom. The van der Waals surface area contributed by atoms with Crippen LogP contribution in [0.1, 0.15) is 22.6 Å². The zero-order valence-electron chi connectivity index (χ0n) is 10.7. The lowest BCUT2D eigenvalue weighted by molar-refractivity contribution is 0.370. The van der Waals surface area contributed by atoms with Crippen molar-refractivity contribution >= 4 is 7.60 Å². The third-order valence-electron chi connectivity index (χ3n) is 3.19. The molecule has 0 aliphatic heterocycles. The molecule has 2 N–H and O–H groups in total. The smallest absolute Gasteiger partial charge is 0.324 e. The van der Waals surface area contributed by atoms with Gasteiger partial charge in [0.1, 0.15) is 0 Å². The van der Waals surface area contributed by atoms with E-state index in [-0.39, 0.29) is 12.1 Å². The van der Waals surface area contributed by atoms with E-state index >= 15 is 0 Å². The van der Waals surface area contributed by atoms with Crippen molar-refractivity contribution < 1.29 is 14.4 Å². The van der Waals surface area contributed by atoms with Crippen molar-refractivity contribution in [1.82, 2.24) is 0 Å². The minimum Gasteiger partial charge on any atom is -0.324 e. The summed E-state index contributed by atoms with van der Waals surface area (Å²) in [5.74, 6) is -0.275. The molecule has 0 aliphatic rings. The van der Waals surface area contributed by atoms with E-state index in [2.05, 4.69) is 0 Å². The number of benzene rings is 2. The maximum Gasteiger partial charge on any atom is 0.326 e. The number of rotatable bonds is 4. The van der Waals surface area contributed by atoms with Crippen LogP contribution in [0.25, 0.3) is 0 Å². The molecule has 1 unspecified atom stereocenters. The highest BCUT2D eigenvalue weighted by molar-refractivity contribution is 7.51. The monoisotopic (exact) mass is 276 g/mol. The summed E-state index contributed by atoms with van der Waals surface area (Å²) in [6, 6.07) is 17.2. The van der Waals surface area contributed by atoms with Gasteiger partial charge in [0.2, 0.25) is 0 Å². The van der Waals surface area contributed by atoms with Crippen molar-refractivity contribution in [2.45, 2.75) is 12.8 Å². The Morgan fingerprint density at radius 2 is 1.58 bits per heavy atom. The Morgan fingerprint density at radius 1 is 1.00 bits per heavy atom. The third kappa shape index (κ3) is 3.77. The van der Waals surface area contributed by atoms with E-state index in [1.54, 1.807) is 0 Å². The fourth-order valence-corrected chi connectivity index (χ4v) is 3.17. The molecule has 0 fully saturated rings. The van der Waals surface area contributed by atoms with Gasteiger partial charge < -0.3 is 9.79 Å². The Hall–Kier alpha value is -1.41. The van der Waals surface area contributed by atoms with Gasteiger partial charge in [0.05, 0.1) is 6.16 Å². The van der Waals surface area contributed by atoms with Gasteiger partial charge in [-0.1, -0.05) is 54.6 Å². The lowest BCUT2D eigenvalue weighted by atomic mass is 9.90. The molecular formula is C15H17O3P. The van der Waals surface area contributed by atoms with Crippen molar-refractivity contribution in [3.05, 3.63) is 71.3 Å². The molecular weight excluding hydrogens is 259 g/mol. The average molecular weight is 276 g/mol. The van der Waals surface area contributed by atoms with Gasteiger partial charge in [0.15, 0.2) is 0 Å². The van der Waals surface area contributed by atoms with Crippen LogP contribution in [-0.2, 0) is 4.57 Å². The van der Waals surface area contributed by atoms with Crippen molar-refractivity contribution in [2.24, 2.45) is 0 Å². The van der Waals surface area contributed by atoms with Crippen LogP contribution in [0.15, 0.2) is 54.6 Å². The molecule has 0 spiro atoms. The maximum absolute atomic E-state index is 11.4. The highest BCUT2D eigenvalue weighted by Gasteiger charge is 2.25. The van der Waals surface area contributed by atoms with Gasteiger partial charge in [0.25, 0.3) is 0 Å². The SMILES string of the molecule is Cc1ccccc1C(CP(=O)(O)O)c1ccccc1. The molecule has 2 rings (SSSR count). The summed E-state index contributed by atoms with van der Waals surface area (Å²) >= 11 is 0. The van der Waals surface area contributed by atoms with E-state index in [1.165, 1.54) is 0 Å². The predicted molar refractivity (Wildman–Crippen MR) is 76.4 cm³/mol. The predicted octanol–water partition coefficient (Wildman–Crippen LogP) is 3.30. The van der Waals surface area contributed by atoms with Crippen molar-refractivity contribution in [3.8, 4) is 0 Å². The van der Waals surface area contributed by atoms with Gasteiger partial charge in [0, 0.05) is 5.92 Å². The maximum atomic E-state index is 11.4. The second-order valence-corrected chi connectivity index (χ2v) is 6.36. The van der Waals surface area contributed by atoms with Gasteiger partial charge in [-0.05, 0) is 23.6 Å². The lowest BCUT2D eigenvalue weighted by Gasteiger charge is -2.20. The van der Waals surface area contributed by atoms with Crippen LogP contribution in [0.4, 0.5) is 0 Å². The van der Waals surface area contributed by atoms with E-state index in [9.17, 15) is 14.4 Å². The van der Waals surface area contributed by atoms with E-state index in [1.807, 2.05) is 61.5 Å². The molecule has 0 heterocycles. The van der Waals surface area contributed by atoms with Crippen LogP contribution in [0.3, 0.4) is 0 Å². The van der Waals surface area contributed by atoms with E-state index in [0.717, 1.165) is 16.7 Å².